The van der Waals surface area contributed by atoms with Crippen LogP contribution in [0.1, 0.15) is 69.8 Å². The average Bonchev–Trinajstić information content (AvgIpc) is 3.19. The van der Waals surface area contributed by atoms with Gasteiger partial charge in [0.05, 0.1) is 25.1 Å². The van der Waals surface area contributed by atoms with E-state index < -0.39 is 5.41 Å². The van der Waals surface area contributed by atoms with E-state index in [2.05, 4.69) is 12.1 Å². The summed E-state index contributed by atoms with van der Waals surface area (Å²) in [6, 6.07) is 16.3. The predicted octanol–water partition coefficient (Wildman–Crippen LogP) is 6.00. The van der Waals surface area contributed by atoms with Gasteiger partial charge in [-0.3, -0.25) is 9.59 Å². The second-order valence-corrected chi connectivity index (χ2v) is 11.7. The molecule has 38 heavy (non-hydrogen) atoms. The smallest absolute Gasteiger partial charge is 0.317 e. The number of carbonyl (C=O) groups is 2. The molecule has 3 saturated heterocycles. The highest BCUT2D eigenvalue weighted by atomic mass is 19.1. The summed E-state index contributed by atoms with van der Waals surface area (Å²) in [5.41, 5.74) is 0.541. The summed E-state index contributed by atoms with van der Waals surface area (Å²) in [6.07, 6.45) is 9.09. The highest BCUT2D eigenvalue weighted by molar-refractivity contribution is 5.83. The molecule has 5 nitrogen and oxygen atoms in total. The van der Waals surface area contributed by atoms with Gasteiger partial charge < -0.3 is 14.0 Å². The molecule has 6 heteroatoms. The van der Waals surface area contributed by atoms with E-state index in [9.17, 15) is 14.0 Å². The zero-order valence-corrected chi connectivity index (χ0v) is 22.4. The Kier molecular flexibility index (Phi) is 8.47. The second kappa shape index (κ2) is 12.0. The zero-order chi connectivity index (χ0) is 26.4. The van der Waals surface area contributed by atoms with Crippen LogP contribution >= 0.6 is 0 Å². The lowest BCUT2D eigenvalue weighted by Crippen LogP contribution is -2.66. The molecule has 2 bridgehead atoms. The molecule has 6 rings (SSSR count). The van der Waals surface area contributed by atoms with Crippen LogP contribution in [-0.2, 0) is 19.7 Å². The van der Waals surface area contributed by atoms with Crippen LogP contribution < -0.4 is 4.74 Å². The molecule has 3 aliphatic heterocycles. The summed E-state index contributed by atoms with van der Waals surface area (Å²) in [5, 5.41) is 0. The molecule has 0 radical (unpaired) electrons. The minimum Gasteiger partial charge on any atom is -0.493 e. The van der Waals surface area contributed by atoms with E-state index in [-0.39, 0.29) is 23.7 Å². The van der Waals surface area contributed by atoms with Gasteiger partial charge in [0.15, 0.2) is 11.9 Å². The van der Waals surface area contributed by atoms with Gasteiger partial charge in [-0.2, -0.15) is 0 Å². The van der Waals surface area contributed by atoms with Crippen molar-refractivity contribution in [2.24, 2.45) is 5.92 Å². The lowest BCUT2D eigenvalue weighted by atomic mass is 9.74. The van der Waals surface area contributed by atoms with Crippen molar-refractivity contribution in [3.63, 3.8) is 0 Å². The number of benzene rings is 2. The molecule has 3 heterocycles. The number of halogens is 1. The number of ketones is 1. The first-order chi connectivity index (χ1) is 18.5. The Morgan fingerprint density at radius 1 is 0.947 bits per heavy atom. The molecule has 0 aromatic heterocycles. The van der Waals surface area contributed by atoms with Crippen LogP contribution in [0, 0.1) is 11.7 Å². The van der Waals surface area contributed by atoms with E-state index in [4.69, 9.17) is 9.47 Å². The molecule has 1 aliphatic carbocycles. The molecular formula is C32H41FNO4+. The van der Waals surface area contributed by atoms with Crippen molar-refractivity contribution < 1.29 is 27.9 Å². The monoisotopic (exact) mass is 522 g/mol. The van der Waals surface area contributed by atoms with Crippen molar-refractivity contribution in [1.82, 2.24) is 0 Å². The molecule has 0 N–H and O–H groups in total. The number of quaternary nitrogens is 1. The third-order valence-electron chi connectivity index (χ3n) is 9.15. The Balaban J connectivity index is 1.18. The quantitative estimate of drug-likeness (QED) is 0.166. The highest BCUT2D eigenvalue weighted by Crippen LogP contribution is 2.42. The Morgan fingerprint density at radius 2 is 1.68 bits per heavy atom. The minimum atomic E-state index is -0.550. The number of nitrogens with zero attached hydrogens (tertiary/aromatic N) is 1. The van der Waals surface area contributed by atoms with Gasteiger partial charge in [0.1, 0.15) is 24.7 Å². The maximum atomic E-state index is 13.9. The fourth-order valence-electron chi connectivity index (χ4n) is 7.00. The van der Waals surface area contributed by atoms with E-state index in [1.807, 2.05) is 18.2 Å². The number of hydrogen-bond acceptors (Lipinski definition) is 4. The number of hydrogen-bond donors (Lipinski definition) is 0. The second-order valence-electron chi connectivity index (χ2n) is 11.7. The Labute approximate surface area is 225 Å². The number of Topliss-reactive ketones (excluding diaryl/α,β-unsaturated/α-hetero) is 1. The van der Waals surface area contributed by atoms with Crippen molar-refractivity contribution in [3.05, 3.63) is 66.0 Å². The van der Waals surface area contributed by atoms with E-state index in [0.717, 1.165) is 68.2 Å². The van der Waals surface area contributed by atoms with Crippen LogP contribution in [0.25, 0.3) is 0 Å². The first kappa shape index (κ1) is 26.9. The Morgan fingerprint density at radius 3 is 2.39 bits per heavy atom. The van der Waals surface area contributed by atoms with Crippen LogP contribution in [0.2, 0.25) is 0 Å². The van der Waals surface area contributed by atoms with Crippen LogP contribution in [0.15, 0.2) is 54.6 Å². The third kappa shape index (κ3) is 6.12. The Hall–Kier alpha value is -2.73. The molecule has 0 unspecified atom stereocenters. The fourth-order valence-corrected chi connectivity index (χ4v) is 7.00. The van der Waals surface area contributed by atoms with Gasteiger partial charge >= 0.3 is 5.97 Å². The molecule has 1 atom stereocenters. The van der Waals surface area contributed by atoms with E-state index in [1.54, 1.807) is 12.1 Å². The number of ether oxygens (including phenoxy) is 2. The maximum Gasteiger partial charge on any atom is 0.317 e. The molecule has 4 aliphatic rings. The molecule has 2 aromatic carbocycles. The first-order valence-corrected chi connectivity index (χ1v) is 14.5. The van der Waals surface area contributed by atoms with Crippen LogP contribution in [0.4, 0.5) is 4.39 Å². The topological polar surface area (TPSA) is 52.6 Å². The van der Waals surface area contributed by atoms with E-state index >= 15 is 0 Å². The van der Waals surface area contributed by atoms with Gasteiger partial charge in [0.25, 0.3) is 0 Å². The van der Waals surface area contributed by atoms with Gasteiger partial charge in [-0.05, 0) is 37.0 Å². The molecule has 4 fully saturated rings. The lowest BCUT2D eigenvalue weighted by Gasteiger charge is -2.52. The van der Waals surface area contributed by atoms with Crippen LogP contribution in [0.5, 0.6) is 5.75 Å². The first-order valence-electron chi connectivity index (χ1n) is 14.5. The summed E-state index contributed by atoms with van der Waals surface area (Å²) < 4.78 is 26.1. The van der Waals surface area contributed by atoms with Crippen molar-refractivity contribution >= 4 is 11.8 Å². The highest BCUT2D eigenvalue weighted by Gasteiger charge is 2.50. The maximum absolute atomic E-state index is 13.9. The zero-order valence-electron chi connectivity index (χ0n) is 22.4. The van der Waals surface area contributed by atoms with Crippen molar-refractivity contribution in [2.75, 3.05) is 32.8 Å². The number of fused-ring (bicyclic) bond motifs is 3. The standard InChI is InChI=1S/C32H41FNO4/c33-27-12-8-14-29(22-27)37-21-9-13-28(35)23-34-19-15-25(16-20-34)30(24-34)38-31(36)32(17-6-1-2-7-18-32)26-10-4-3-5-11-26/h3-5,8,10-12,14,22,25,30H,1-2,6-7,9,13,15-21,23-24H2/q+1/t25?,30-,34?/m0/s1. The summed E-state index contributed by atoms with van der Waals surface area (Å²) >= 11 is 0. The molecule has 204 valence electrons. The minimum absolute atomic E-state index is 0.0525. The van der Waals surface area contributed by atoms with Gasteiger partial charge in [0, 0.05) is 31.2 Å². The van der Waals surface area contributed by atoms with E-state index in [0.29, 0.717) is 37.7 Å². The molecule has 0 amide bonds. The van der Waals surface area contributed by atoms with Crippen molar-refractivity contribution in [2.45, 2.75) is 75.7 Å². The van der Waals surface area contributed by atoms with E-state index in [1.165, 1.54) is 25.0 Å². The predicted molar refractivity (Wildman–Crippen MR) is 144 cm³/mol. The fraction of sp³-hybridized carbons (Fsp3) is 0.562. The number of rotatable bonds is 10. The molecular weight excluding hydrogens is 481 g/mol. The molecule has 1 saturated carbocycles. The lowest BCUT2D eigenvalue weighted by molar-refractivity contribution is -0.939. The van der Waals surface area contributed by atoms with Crippen LogP contribution in [0.3, 0.4) is 0 Å². The van der Waals surface area contributed by atoms with Crippen LogP contribution in [-0.4, -0.2) is 55.1 Å². The summed E-state index contributed by atoms with van der Waals surface area (Å²) in [7, 11) is 0. The third-order valence-corrected chi connectivity index (χ3v) is 9.15. The van der Waals surface area contributed by atoms with Gasteiger partial charge in [-0.1, -0.05) is 62.1 Å². The summed E-state index contributed by atoms with van der Waals surface area (Å²) in [6.45, 7) is 3.58. The molecule has 2 aromatic rings. The van der Waals surface area contributed by atoms with Crippen molar-refractivity contribution in [3.8, 4) is 5.75 Å². The SMILES string of the molecule is O=C(CCCOc1cccc(F)c1)C[N+]12CCC(CC1)[C@@H](OC(=O)C1(c3ccccc3)CCCCCC1)C2. The molecule has 0 spiro atoms. The number of carbonyl (C=O) groups excluding carboxylic acids is 2. The Bertz CT molecular complexity index is 1090. The summed E-state index contributed by atoms with van der Waals surface area (Å²) in [4.78, 5) is 26.9. The van der Waals surface area contributed by atoms with Gasteiger partial charge in [-0.25, -0.2) is 4.39 Å². The number of piperidine rings is 3. The van der Waals surface area contributed by atoms with Crippen molar-refractivity contribution in [1.29, 1.82) is 0 Å². The largest absolute Gasteiger partial charge is 0.493 e. The summed E-state index contributed by atoms with van der Waals surface area (Å²) in [5.74, 6) is 0.731. The van der Waals surface area contributed by atoms with Gasteiger partial charge in [0.2, 0.25) is 0 Å². The number of esters is 1. The normalized spacial score (nSPS) is 26.3. The average molecular weight is 523 g/mol. The van der Waals surface area contributed by atoms with Gasteiger partial charge in [-0.15, -0.1) is 0 Å².